The van der Waals surface area contributed by atoms with Gasteiger partial charge in [-0.25, -0.2) is 0 Å². The van der Waals surface area contributed by atoms with Crippen LogP contribution in [0.15, 0.2) is 0 Å². The molecule has 0 aromatic carbocycles. The van der Waals surface area contributed by atoms with Crippen molar-refractivity contribution in [1.29, 1.82) is 0 Å². The molecule has 0 aromatic heterocycles. The topological polar surface area (TPSA) is 15.3 Å². The summed E-state index contributed by atoms with van der Waals surface area (Å²) in [6, 6.07) is 1.36. The highest BCUT2D eigenvalue weighted by atomic mass is 15.1. The Labute approximate surface area is 89.1 Å². The van der Waals surface area contributed by atoms with Crippen LogP contribution in [-0.2, 0) is 0 Å². The molecule has 0 saturated heterocycles. The molecule has 84 valence electrons. The highest BCUT2D eigenvalue weighted by Gasteiger charge is 2.25. The van der Waals surface area contributed by atoms with E-state index in [4.69, 9.17) is 0 Å². The normalized spacial score (nSPS) is 19.3. The zero-order chi connectivity index (χ0) is 10.6. The van der Waals surface area contributed by atoms with E-state index in [0.717, 1.165) is 5.92 Å². The molecule has 1 aliphatic rings. The van der Waals surface area contributed by atoms with Crippen LogP contribution in [-0.4, -0.2) is 37.1 Å². The second-order valence-corrected chi connectivity index (χ2v) is 5.01. The first-order chi connectivity index (χ1) is 6.63. The zero-order valence-corrected chi connectivity index (χ0v) is 10.2. The molecule has 1 unspecified atom stereocenters. The SMILES string of the molecule is CNC(C)CCN(CC1CC1)C(C)C. The number of hydrogen-bond donors (Lipinski definition) is 1. The van der Waals surface area contributed by atoms with Gasteiger partial charge in [-0.3, -0.25) is 0 Å². The van der Waals surface area contributed by atoms with Gasteiger partial charge in [0.2, 0.25) is 0 Å². The van der Waals surface area contributed by atoms with Gasteiger partial charge in [-0.2, -0.15) is 0 Å². The summed E-state index contributed by atoms with van der Waals surface area (Å²) < 4.78 is 0. The van der Waals surface area contributed by atoms with Gasteiger partial charge in [0.25, 0.3) is 0 Å². The van der Waals surface area contributed by atoms with E-state index in [-0.39, 0.29) is 0 Å². The highest BCUT2D eigenvalue weighted by molar-refractivity contribution is 4.79. The van der Waals surface area contributed by atoms with Crippen LogP contribution in [0.3, 0.4) is 0 Å². The van der Waals surface area contributed by atoms with Crippen LogP contribution in [0.4, 0.5) is 0 Å². The Morgan fingerprint density at radius 3 is 2.36 bits per heavy atom. The van der Waals surface area contributed by atoms with Crippen molar-refractivity contribution in [2.45, 2.75) is 52.1 Å². The predicted octanol–water partition coefficient (Wildman–Crippen LogP) is 2.10. The van der Waals surface area contributed by atoms with Crippen LogP contribution >= 0.6 is 0 Å². The molecule has 2 heteroatoms. The Kier molecular flexibility index (Phi) is 4.90. The molecule has 1 aliphatic carbocycles. The van der Waals surface area contributed by atoms with E-state index in [1.165, 1.54) is 32.4 Å². The average Bonchev–Trinajstić information content (AvgIpc) is 2.94. The maximum absolute atomic E-state index is 3.30. The lowest BCUT2D eigenvalue weighted by atomic mass is 10.2. The van der Waals surface area contributed by atoms with Crippen molar-refractivity contribution in [2.24, 2.45) is 5.92 Å². The van der Waals surface area contributed by atoms with Gasteiger partial charge in [-0.15, -0.1) is 0 Å². The average molecular weight is 198 g/mol. The summed E-state index contributed by atoms with van der Waals surface area (Å²) in [6.07, 6.45) is 4.19. The monoisotopic (exact) mass is 198 g/mol. The summed E-state index contributed by atoms with van der Waals surface area (Å²) in [5.74, 6) is 1.02. The minimum absolute atomic E-state index is 0.649. The third-order valence-corrected chi connectivity index (χ3v) is 3.26. The fraction of sp³-hybridized carbons (Fsp3) is 1.00. The van der Waals surface area contributed by atoms with Crippen LogP contribution in [0.2, 0.25) is 0 Å². The summed E-state index contributed by atoms with van der Waals surface area (Å²) in [7, 11) is 2.05. The van der Waals surface area contributed by atoms with E-state index in [1.807, 2.05) is 7.05 Å². The van der Waals surface area contributed by atoms with E-state index in [1.54, 1.807) is 0 Å². The number of hydrogen-bond acceptors (Lipinski definition) is 2. The summed E-state index contributed by atoms with van der Waals surface area (Å²) in [4.78, 5) is 2.63. The van der Waals surface area contributed by atoms with E-state index in [0.29, 0.717) is 12.1 Å². The Morgan fingerprint density at radius 2 is 1.93 bits per heavy atom. The number of nitrogens with zero attached hydrogens (tertiary/aromatic N) is 1. The maximum Gasteiger partial charge on any atom is 0.00479 e. The fourth-order valence-electron chi connectivity index (χ4n) is 1.70. The van der Waals surface area contributed by atoms with E-state index >= 15 is 0 Å². The quantitative estimate of drug-likeness (QED) is 0.674. The van der Waals surface area contributed by atoms with E-state index in [9.17, 15) is 0 Å². The van der Waals surface area contributed by atoms with Crippen molar-refractivity contribution in [3.8, 4) is 0 Å². The second kappa shape index (κ2) is 5.72. The summed E-state index contributed by atoms with van der Waals surface area (Å²) in [6.45, 7) is 9.46. The van der Waals surface area contributed by atoms with Crippen molar-refractivity contribution >= 4 is 0 Å². The summed E-state index contributed by atoms with van der Waals surface area (Å²) in [5, 5.41) is 3.30. The van der Waals surface area contributed by atoms with E-state index < -0.39 is 0 Å². The van der Waals surface area contributed by atoms with Gasteiger partial charge >= 0.3 is 0 Å². The standard InChI is InChI=1S/C12H26N2/c1-10(2)14(9-12-5-6-12)8-7-11(3)13-4/h10-13H,5-9H2,1-4H3. The Balaban J connectivity index is 2.19. The largest absolute Gasteiger partial charge is 0.317 e. The Hall–Kier alpha value is -0.0800. The molecular weight excluding hydrogens is 172 g/mol. The zero-order valence-electron chi connectivity index (χ0n) is 10.2. The van der Waals surface area contributed by atoms with Crippen LogP contribution in [0.1, 0.15) is 40.0 Å². The molecule has 0 spiro atoms. The minimum atomic E-state index is 0.649. The van der Waals surface area contributed by atoms with Crippen LogP contribution in [0, 0.1) is 5.92 Å². The van der Waals surface area contributed by atoms with Gasteiger partial charge in [-0.05, 0) is 59.5 Å². The lowest BCUT2D eigenvalue weighted by Gasteiger charge is -2.27. The minimum Gasteiger partial charge on any atom is -0.317 e. The lowest BCUT2D eigenvalue weighted by molar-refractivity contribution is 0.203. The first kappa shape index (κ1) is 12.0. The van der Waals surface area contributed by atoms with Gasteiger partial charge in [0, 0.05) is 18.6 Å². The second-order valence-electron chi connectivity index (χ2n) is 5.01. The molecular formula is C12H26N2. The molecule has 1 fully saturated rings. The molecule has 1 rings (SSSR count). The molecule has 1 N–H and O–H groups in total. The smallest absolute Gasteiger partial charge is 0.00479 e. The molecule has 14 heavy (non-hydrogen) atoms. The molecule has 0 amide bonds. The maximum atomic E-state index is 3.30. The first-order valence-electron chi connectivity index (χ1n) is 6.04. The van der Waals surface area contributed by atoms with Crippen LogP contribution < -0.4 is 5.32 Å². The highest BCUT2D eigenvalue weighted by Crippen LogP contribution is 2.30. The molecule has 0 bridgehead atoms. The Morgan fingerprint density at radius 1 is 1.29 bits per heavy atom. The molecule has 0 aliphatic heterocycles. The van der Waals surface area contributed by atoms with Crippen molar-refractivity contribution in [2.75, 3.05) is 20.1 Å². The van der Waals surface area contributed by atoms with Gasteiger partial charge < -0.3 is 10.2 Å². The third kappa shape index (κ3) is 4.43. The molecule has 2 nitrogen and oxygen atoms in total. The number of rotatable bonds is 7. The van der Waals surface area contributed by atoms with Gasteiger partial charge in [-0.1, -0.05) is 0 Å². The van der Waals surface area contributed by atoms with Gasteiger partial charge in [0.1, 0.15) is 0 Å². The predicted molar refractivity (Wildman–Crippen MR) is 62.6 cm³/mol. The molecule has 0 heterocycles. The molecule has 1 atom stereocenters. The van der Waals surface area contributed by atoms with Crippen molar-refractivity contribution in [3.63, 3.8) is 0 Å². The van der Waals surface area contributed by atoms with E-state index in [2.05, 4.69) is 31.0 Å². The summed E-state index contributed by atoms with van der Waals surface area (Å²) in [5.41, 5.74) is 0. The molecule has 0 radical (unpaired) electrons. The first-order valence-corrected chi connectivity index (χ1v) is 6.04. The lowest BCUT2D eigenvalue weighted by Crippen LogP contribution is -2.36. The van der Waals surface area contributed by atoms with Crippen molar-refractivity contribution in [3.05, 3.63) is 0 Å². The van der Waals surface area contributed by atoms with Crippen molar-refractivity contribution in [1.82, 2.24) is 10.2 Å². The fourth-order valence-corrected chi connectivity index (χ4v) is 1.70. The summed E-state index contributed by atoms with van der Waals surface area (Å²) >= 11 is 0. The van der Waals surface area contributed by atoms with Gasteiger partial charge in [0.15, 0.2) is 0 Å². The van der Waals surface area contributed by atoms with Gasteiger partial charge in [0.05, 0.1) is 0 Å². The third-order valence-electron chi connectivity index (χ3n) is 3.26. The van der Waals surface area contributed by atoms with Crippen LogP contribution in [0.5, 0.6) is 0 Å². The number of nitrogens with one attached hydrogen (secondary N) is 1. The van der Waals surface area contributed by atoms with Crippen LogP contribution in [0.25, 0.3) is 0 Å². The van der Waals surface area contributed by atoms with Crippen molar-refractivity contribution < 1.29 is 0 Å². The Bertz CT molecular complexity index is 152. The molecule has 0 aromatic rings. The molecule has 1 saturated carbocycles.